The van der Waals surface area contributed by atoms with Gasteiger partial charge >= 0.3 is 12.1 Å². The van der Waals surface area contributed by atoms with Gasteiger partial charge in [-0.05, 0) is 39.5 Å². The van der Waals surface area contributed by atoms with E-state index in [1.165, 1.54) is 10.4 Å². The Kier molecular flexibility index (Phi) is 5.06. The van der Waals surface area contributed by atoms with Crippen LogP contribution in [0.5, 0.6) is 0 Å². The van der Waals surface area contributed by atoms with E-state index in [2.05, 4.69) is 12.1 Å². The van der Waals surface area contributed by atoms with Crippen LogP contribution in [0.1, 0.15) is 25.0 Å². The van der Waals surface area contributed by atoms with Crippen LogP contribution in [0.2, 0.25) is 0 Å². The molecule has 0 bridgehead atoms. The maximum absolute atomic E-state index is 12.7. The summed E-state index contributed by atoms with van der Waals surface area (Å²) in [5.74, 6) is -1.63. The molecule has 2 aliphatic carbocycles. The van der Waals surface area contributed by atoms with E-state index in [4.69, 9.17) is 16.3 Å². The van der Waals surface area contributed by atoms with Gasteiger partial charge in [0.2, 0.25) is 0 Å². The normalized spacial score (nSPS) is 25.6. The highest BCUT2D eigenvalue weighted by molar-refractivity contribution is 7.13. The van der Waals surface area contributed by atoms with Gasteiger partial charge in [0.05, 0.1) is 5.92 Å². The van der Waals surface area contributed by atoms with Crippen molar-refractivity contribution in [1.82, 2.24) is 0 Å². The molecular formula is C22H20ClF3O2S. The van der Waals surface area contributed by atoms with Gasteiger partial charge in [-0.25, -0.2) is 0 Å². The lowest BCUT2D eigenvalue weighted by Crippen LogP contribution is -2.21. The zero-order chi connectivity index (χ0) is 21.0. The smallest absolute Gasteiger partial charge is 0.426 e. The molecule has 1 fully saturated rings. The molecule has 2 aromatic rings. The number of thiophene rings is 1. The first-order valence-corrected chi connectivity index (χ1v) is 10.6. The number of halogens is 4. The fourth-order valence-corrected chi connectivity index (χ4v) is 5.20. The molecule has 154 valence electrons. The number of benzene rings is 1. The van der Waals surface area contributed by atoms with E-state index in [0.717, 1.165) is 17.2 Å². The van der Waals surface area contributed by atoms with Crippen molar-refractivity contribution >= 4 is 28.9 Å². The molecular weight excluding hydrogens is 421 g/mol. The highest BCUT2D eigenvalue weighted by atomic mass is 35.5. The average molecular weight is 441 g/mol. The standard InChI is InChI=1S/C22H20ClF3O2S/c1-21(2)16(11-18(23)22(24,25)26)19(21)20(27)28-13-9-12-5-3-6-14(15(12)10-13)17-7-4-8-29-17/h3-8,11,13,16,19H,9-10H2,1-2H3/b18-11-. The van der Waals surface area contributed by atoms with Gasteiger partial charge in [-0.3, -0.25) is 4.79 Å². The Morgan fingerprint density at radius 3 is 2.66 bits per heavy atom. The number of fused-ring (bicyclic) bond motifs is 1. The first-order chi connectivity index (χ1) is 13.6. The van der Waals surface area contributed by atoms with Crippen LogP contribution in [0.3, 0.4) is 0 Å². The molecule has 0 spiro atoms. The molecule has 0 radical (unpaired) electrons. The largest absolute Gasteiger partial charge is 0.461 e. The molecule has 3 atom stereocenters. The van der Waals surface area contributed by atoms with Crippen LogP contribution in [-0.4, -0.2) is 18.2 Å². The first kappa shape index (κ1) is 20.5. The van der Waals surface area contributed by atoms with Gasteiger partial charge < -0.3 is 4.74 Å². The van der Waals surface area contributed by atoms with Gasteiger partial charge in [0.1, 0.15) is 11.1 Å². The second-order valence-corrected chi connectivity index (χ2v) is 9.58. The fraction of sp³-hybridized carbons (Fsp3) is 0.409. The van der Waals surface area contributed by atoms with E-state index >= 15 is 0 Å². The van der Waals surface area contributed by atoms with Gasteiger partial charge in [-0.2, -0.15) is 13.2 Å². The van der Waals surface area contributed by atoms with E-state index in [9.17, 15) is 18.0 Å². The summed E-state index contributed by atoms with van der Waals surface area (Å²) in [4.78, 5) is 13.9. The van der Waals surface area contributed by atoms with E-state index in [0.29, 0.717) is 12.8 Å². The summed E-state index contributed by atoms with van der Waals surface area (Å²) >= 11 is 7.03. The molecule has 0 aliphatic heterocycles. The zero-order valence-electron chi connectivity index (χ0n) is 15.9. The fourth-order valence-electron chi connectivity index (χ4n) is 4.29. The maximum Gasteiger partial charge on any atom is 0.426 e. The van der Waals surface area contributed by atoms with Crippen molar-refractivity contribution in [2.24, 2.45) is 17.3 Å². The summed E-state index contributed by atoms with van der Waals surface area (Å²) in [6.07, 6.45) is -2.70. The number of esters is 1. The monoisotopic (exact) mass is 440 g/mol. The number of alkyl halides is 3. The summed E-state index contributed by atoms with van der Waals surface area (Å²) < 4.78 is 43.9. The minimum Gasteiger partial charge on any atom is -0.461 e. The highest BCUT2D eigenvalue weighted by Crippen LogP contribution is 2.60. The minimum absolute atomic E-state index is 0.294. The third-order valence-corrected chi connectivity index (χ3v) is 7.23. The molecule has 7 heteroatoms. The summed E-state index contributed by atoms with van der Waals surface area (Å²) in [6, 6.07) is 10.2. The van der Waals surface area contributed by atoms with E-state index in [1.54, 1.807) is 25.2 Å². The number of carbonyl (C=O) groups excluding carboxylic acids is 1. The van der Waals surface area contributed by atoms with Crippen molar-refractivity contribution in [3.63, 3.8) is 0 Å². The lowest BCUT2D eigenvalue weighted by molar-refractivity contribution is -0.151. The predicted octanol–water partition coefficient (Wildman–Crippen LogP) is 6.38. The topological polar surface area (TPSA) is 26.3 Å². The number of hydrogen-bond acceptors (Lipinski definition) is 3. The van der Waals surface area contributed by atoms with Gasteiger partial charge in [0.25, 0.3) is 0 Å². The number of carbonyl (C=O) groups is 1. The van der Waals surface area contributed by atoms with E-state index < -0.39 is 34.4 Å². The number of hydrogen-bond donors (Lipinski definition) is 0. The van der Waals surface area contributed by atoms with Crippen molar-refractivity contribution < 1.29 is 22.7 Å². The molecule has 1 aromatic carbocycles. The molecule has 0 saturated heterocycles. The second-order valence-electron chi connectivity index (χ2n) is 8.22. The predicted molar refractivity (Wildman–Crippen MR) is 108 cm³/mol. The molecule has 0 amide bonds. The lowest BCUT2D eigenvalue weighted by Gasteiger charge is -2.12. The molecule has 0 N–H and O–H groups in total. The molecule has 29 heavy (non-hydrogen) atoms. The Labute approximate surface area is 176 Å². The number of allylic oxidation sites excluding steroid dienone is 2. The minimum atomic E-state index is -4.60. The van der Waals surface area contributed by atoms with Crippen LogP contribution in [0.25, 0.3) is 10.4 Å². The quantitative estimate of drug-likeness (QED) is 0.515. The van der Waals surface area contributed by atoms with Gasteiger partial charge in [0.15, 0.2) is 0 Å². The Balaban J connectivity index is 1.46. The molecule has 1 saturated carbocycles. The Hall–Kier alpha value is -1.79. The van der Waals surface area contributed by atoms with Crippen molar-refractivity contribution in [2.75, 3.05) is 0 Å². The zero-order valence-corrected chi connectivity index (χ0v) is 17.5. The summed E-state index contributed by atoms with van der Waals surface area (Å²) in [5, 5.41) is 0.843. The van der Waals surface area contributed by atoms with Crippen LogP contribution >= 0.6 is 22.9 Å². The third-order valence-electron chi connectivity index (χ3n) is 5.98. The van der Waals surface area contributed by atoms with Crippen molar-refractivity contribution in [1.29, 1.82) is 0 Å². The van der Waals surface area contributed by atoms with Gasteiger partial charge in [-0.1, -0.05) is 55.8 Å². The average Bonchev–Trinajstić information content (AvgIpc) is 3.08. The van der Waals surface area contributed by atoms with Crippen LogP contribution in [0.15, 0.2) is 46.8 Å². The molecule has 2 nitrogen and oxygen atoms in total. The summed E-state index contributed by atoms with van der Waals surface area (Å²) in [7, 11) is 0. The maximum atomic E-state index is 12.7. The first-order valence-electron chi connectivity index (χ1n) is 9.38. The van der Waals surface area contributed by atoms with Gasteiger partial charge in [-0.15, -0.1) is 11.3 Å². The second kappa shape index (κ2) is 7.17. The highest BCUT2D eigenvalue weighted by Gasteiger charge is 2.62. The Bertz CT molecular complexity index is 963. The van der Waals surface area contributed by atoms with Crippen molar-refractivity contribution in [3.05, 3.63) is 57.9 Å². The molecule has 4 rings (SSSR count). The SMILES string of the molecule is CC1(C)C(/C=C(\Cl)C(F)(F)F)C1C(=O)OC1Cc2cccc(-c3cccs3)c2C1. The van der Waals surface area contributed by atoms with Gasteiger partial charge in [0, 0.05) is 17.7 Å². The molecule has 1 aromatic heterocycles. The van der Waals surface area contributed by atoms with Crippen molar-refractivity contribution in [3.8, 4) is 10.4 Å². The van der Waals surface area contributed by atoms with E-state index in [-0.39, 0.29) is 6.10 Å². The van der Waals surface area contributed by atoms with Crippen LogP contribution in [-0.2, 0) is 22.4 Å². The van der Waals surface area contributed by atoms with E-state index in [1.807, 2.05) is 23.6 Å². The summed E-state index contributed by atoms with van der Waals surface area (Å²) in [5.41, 5.74) is 2.89. The lowest BCUT2D eigenvalue weighted by atomic mass is 10.0. The summed E-state index contributed by atoms with van der Waals surface area (Å²) in [6.45, 7) is 3.53. The van der Waals surface area contributed by atoms with Crippen LogP contribution in [0.4, 0.5) is 13.2 Å². The van der Waals surface area contributed by atoms with Crippen molar-refractivity contribution in [2.45, 2.75) is 39.0 Å². The van der Waals surface area contributed by atoms with Crippen LogP contribution < -0.4 is 0 Å². The number of rotatable bonds is 4. The Morgan fingerprint density at radius 2 is 2.00 bits per heavy atom. The van der Waals surface area contributed by atoms with Crippen LogP contribution in [0, 0.1) is 17.3 Å². The molecule has 2 aliphatic rings. The Morgan fingerprint density at radius 1 is 1.24 bits per heavy atom. The molecule has 3 unspecified atom stereocenters. The molecule has 1 heterocycles. The number of ether oxygens (including phenoxy) is 1. The third kappa shape index (κ3) is 3.84.